The van der Waals surface area contributed by atoms with Crippen LogP contribution in [0, 0.1) is 6.17 Å². The van der Waals surface area contributed by atoms with Crippen molar-refractivity contribution >= 4 is 22.7 Å². The van der Waals surface area contributed by atoms with Crippen molar-refractivity contribution in [3.8, 4) is 22.8 Å². The average Bonchev–Trinajstić information content (AvgIpc) is 3.49. The minimum Gasteiger partial charge on any atom is -0.304 e. The fourth-order valence-corrected chi connectivity index (χ4v) is 7.27. The van der Waals surface area contributed by atoms with Gasteiger partial charge in [-0.3, -0.25) is 0 Å². The number of aromatic nitrogens is 3. The van der Waals surface area contributed by atoms with Crippen LogP contribution in [0.3, 0.4) is 0 Å². The highest BCUT2D eigenvalue weighted by atomic mass is 15.4. The maximum Gasteiger partial charge on any atom is 0.235 e. The minimum absolute atomic E-state index is 0.286. The molecule has 5 heteroatoms. The smallest absolute Gasteiger partial charge is 0.235 e. The Labute approximate surface area is 304 Å². The molecule has 0 N–H and O–H groups in total. The summed E-state index contributed by atoms with van der Waals surface area (Å²) in [6, 6.07) is 42.9. The first-order valence-corrected chi connectivity index (χ1v) is 18.3. The Balaban J connectivity index is 1.63. The lowest BCUT2D eigenvalue weighted by Gasteiger charge is -2.36. The van der Waals surface area contributed by atoms with Crippen LogP contribution in [0.1, 0.15) is 107 Å². The van der Waals surface area contributed by atoms with E-state index in [0.717, 1.165) is 28.7 Å². The minimum atomic E-state index is 0.286. The predicted octanol–water partition coefficient (Wildman–Crippen LogP) is 12.5. The molecule has 0 bridgehead atoms. The molecular formula is C46H48N5. The molecule has 2 heterocycles. The van der Waals surface area contributed by atoms with Gasteiger partial charge in [0.2, 0.25) is 6.17 Å². The van der Waals surface area contributed by atoms with E-state index in [1.807, 2.05) is 36.4 Å². The molecule has 51 heavy (non-hydrogen) atoms. The average molecular weight is 671 g/mol. The number of nitrogens with zero attached hydrogens (tertiary/aromatic N) is 5. The summed E-state index contributed by atoms with van der Waals surface area (Å²) in [4.78, 5) is 20.8. The van der Waals surface area contributed by atoms with Crippen LogP contribution in [0.15, 0.2) is 121 Å². The second-order valence-corrected chi connectivity index (χ2v) is 14.7. The largest absolute Gasteiger partial charge is 0.304 e. The zero-order valence-corrected chi connectivity index (χ0v) is 31.1. The SMILES string of the molecule is CC(C)c1cccc(C(C)C)c1N1[C](c2nc(-c3ccccc3)nc(-c3ccccc3)n2)N(c2c(C(C)C)cccc2C(C)C)c2ccccc21. The molecule has 0 fully saturated rings. The van der Waals surface area contributed by atoms with Gasteiger partial charge < -0.3 is 9.80 Å². The molecule has 0 atom stereocenters. The van der Waals surface area contributed by atoms with E-state index < -0.39 is 0 Å². The summed E-state index contributed by atoms with van der Waals surface area (Å²) in [5, 5.41) is 0. The summed E-state index contributed by atoms with van der Waals surface area (Å²) >= 11 is 0. The molecule has 0 aliphatic carbocycles. The highest BCUT2D eigenvalue weighted by molar-refractivity contribution is 5.96. The highest BCUT2D eigenvalue weighted by Crippen LogP contribution is 2.57. The fourth-order valence-electron chi connectivity index (χ4n) is 7.27. The number of para-hydroxylation sites is 4. The van der Waals surface area contributed by atoms with Crippen molar-refractivity contribution in [3.63, 3.8) is 0 Å². The Kier molecular flexibility index (Phi) is 9.48. The number of anilines is 4. The standard InChI is InChI=1S/C46H48N5/c1-29(2)35-23-17-24-36(30(3)4)41(35)50-39-27-15-16-28-40(39)51(42-37(31(5)6)25-18-26-38(42)32(7)8)46(50)45-48-43(33-19-11-9-12-20-33)47-44(49-45)34-21-13-10-14-22-34/h9-32H,1-8H3. The summed E-state index contributed by atoms with van der Waals surface area (Å²) < 4.78 is 0. The summed E-state index contributed by atoms with van der Waals surface area (Å²) in [5.41, 5.74) is 11.7. The molecule has 1 radical (unpaired) electrons. The third-order valence-electron chi connectivity index (χ3n) is 9.82. The molecule has 1 aromatic heterocycles. The van der Waals surface area contributed by atoms with E-state index >= 15 is 0 Å². The molecule has 257 valence electrons. The molecule has 7 rings (SSSR count). The van der Waals surface area contributed by atoms with Gasteiger partial charge in [0.05, 0.1) is 22.7 Å². The van der Waals surface area contributed by atoms with Gasteiger partial charge in [-0.25, -0.2) is 15.0 Å². The van der Waals surface area contributed by atoms with Gasteiger partial charge in [0, 0.05) is 11.1 Å². The Morgan fingerprint density at radius 1 is 0.353 bits per heavy atom. The monoisotopic (exact) mass is 670 g/mol. The van der Waals surface area contributed by atoms with Crippen LogP contribution in [-0.4, -0.2) is 15.0 Å². The number of benzene rings is 5. The normalized spacial score (nSPS) is 13.3. The first-order chi connectivity index (χ1) is 24.7. The molecule has 1 aliphatic heterocycles. The van der Waals surface area contributed by atoms with E-state index in [1.165, 1.54) is 33.6 Å². The van der Waals surface area contributed by atoms with Gasteiger partial charge >= 0.3 is 0 Å². The molecule has 0 amide bonds. The maximum atomic E-state index is 5.40. The Morgan fingerprint density at radius 3 is 1.00 bits per heavy atom. The number of fused-ring (bicyclic) bond motifs is 1. The van der Waals surface area contributed by atoms with Crippen molar-refractivity contribution in [2.24, 2.45) is 0 Å². The molecule has 5 nitrogen and oxygen atoms in total. The van der Waals surface area contributed by atoms with Crippen molar-refractivity contribution in [1.82, 2.24) is 15.0 Å². The van der Waals surface area contributed by atoms with Gasteiger partial charge in [0.15, 0.2) is 17.5 Å². The van der Waals surface area contributed by atoms with Crippen molar-refractivity contribution in [1.29, 1.82) is 0 Å². The van der Waals surface area contributed by atoms with E-state index in [1.54, 1.807) is 0 Å². The highest BCUT2D eigenvalue weighted by Gasteiger charge is 2.46. The van der Waals surface area contributed by atoms with E-state index in [2.05, 4.69) is 150 Å². The molecule has 0 spiro atoms. The lowest BCUT2D eigenvalue weighted by Crippen LogP contribution is -2.35. The van der Waals surface area contributed by atoms with Crippen molar-refractivity contribution in [2.45, 2.75) is 79.1 Å². The Morgan fingerprint density at radius 2 is 0.667 bits per heavy atom. The van der Waals surface area contributed by atoms with Gasteiger partial charge in [-0.15, -0.1) is 0 Å². The van der Waals surface area contributed by atoms with E-state index in [9.17, 15) is 0 Å². The van der Waals surface area contributed by atoms with Gasteiger partial charge in [-0.2, -0.15) is 0 Å². The second kappa shape index (κ2) is 14.1. The van der Waals surface area contributed by atoms with E-state index in [4.69, 9.17) is 15.0 Å². The molecule has 0 unspecified atom stereocenters. The first-order valence-electron chi connectivity index (χ1n) is 18.3. The summed E-state index contributed by atoms with van der Waals surface area (Å²) in [7, 11) is 0. The molecule has 1 aliphatic rings. The summed E-state index contributed by atoms with van der Waals surface area (Å²) in [6.45, 7) is 18.3. The molecule has 6 aromatic rings. The predicted molar refractivity (Wildman–Crippen MR) is 213 cm³/mol. The second-order valence-electron chi connectivity index (χ2n) is 14.7. The molecule has 5 aromatic carbocycles. The number of rotatable bonds is 9. The zero-order valence-electron chi connectivity index (χ0n) is 31.1. The summed E-state index contributed by atoms with van der Waals surface area (Å²) in [5.74, 6) is 3.06. The zero-order chi connectivity index (χ0) is 35.8. The molecule has 0 saturated heterocycles. The van der Waals surface area contributed by atoms with Crippen LogP contribution in [0.4, 0.5) is 22.7 Å². The Bertz CT molecular complexity index is 1930. The van der Waals surface area contributed by atoms with Gasteiger partial charge in [0.25, 0.3) is 0 Å². The van der Waals surface area contributed by atoms with Gasteiger partial charge in [-0.1, -0.05) is 165 Å². The Hall–Kier alpha value is -5.29. The fraction of sp³-hybridized carbons (Fsp3) is 0.261. The first kappa shape index (κ1) is 34.2. The molecular weight excluding hydrogens is 623 g/mol. The van der Waals surface area contributed by atoms with Crippen molar-refractivity contribution in [2.75, 3.05) is 9.80 Å². The van der Waals surface area contributed by atoms with Crippen molar-refractivity contribution < 1.29 is 0 Å². The lowest BCUT2D eigenvalue weighted by atomic mass is 9.91. The van der Waals surface area contributed by atoms with Crippen LogP contribution in [0.5, 0.6) is 0 Å². The third kappa shape index (κ3) is 6.31. The van der Waals surface area contributed by atoms with Crippen LogP contribution in [-0.2, 0) is 0 Å². The quantitative estimate of drug-likeness (QED) is 0.153. The van der Waals surface area contributed by atoms with Crippen LogP contribution < -0.4 is 9.80 Å². The van der Waals surface area contributed by atoms with E-state index in [-0.39, 0.29) is 23.7 Å². The summed E-state index contributed by atoms with van der Waals surface area (Å²) in [6.07, 6.45) is 0.915. The number of hydrogen-bond acceptors (Lipinski definition) is 5. The topological polar surface area (TPSA) is 45.2 Å². The maximum absolute atomic E-state index is 5.40. The van der Waals surface area contributed by atoms with Crippen LogP contribution in [0.2, 0.25) is 0 Å². The van der Waals surface area contributed by atoms with Crippen molar-refractivity contribution in [3.05, 3.63) is 156 Å². The van der Waals surface area contributed by atoms with Crippen LogP contribution in [0.25, 0.3) is 22.8 Å². The third-order valence-corrected chi connectivity index (χ3v) is 9.82. The van der Waals surface area contributed by atoms with Gasteiger partial charge in [-0.05, 0) is 58.1 Å². The van der Waals surface area contributed by atoms with Gasteiger partial charge in [0.1, 0.15) is 0 Å². The van der Waals surface area contributed by atoms with Crippen LogP contribution >= 0.6 is 0 Å². The van der Waals surface area contributed by atoms with E-state index in [0.29, 0.717) is 17.5 Å². The lowest BCUT2D eigenvalue weighted by molar-refractivity contribution is 0.791. The molecule has 0 saturated carbocycles. The number of hydrogen-bond donors (Lipinski definition) is 0.